The van der Waals surface area contributed by atoms with Crippen molar-refractivity contribution in [3.63, 3.8) is 0 Å². The summed E-state index contributed by atoms with van der Waals surface area (Å²) in [6.45, 7) is 1.94. The molecular weight excluding hydrogens is 294 g/mol. The molecule has 2 rings (SSSR count). The topological polar surface area (TPSA) is 80.2 Å². The smallest absolute Gasteiger partial charge is 0.267 e. The largest absolute Gasteiger partial charge is 0.355 e. The van der Waals surface area contributed by atoms with Gasteiger partial charge in [-0.15, -0.1) is 0 Å². The second-order valence-electron chi connectivity index (χ2n) is 5.02. The number of carbonyl (C=O) groups is 2. The molecule has 0 aliphatic rings. The minimum absolute atomic E-state index is 0.0426. The molecule has 0 aliphatic heterocycles. The van der Waals surface area contributed by atoms with E-state index < -0.39 is 11.5 Å². The Hall–Kier alpha value is -2.89. The number of hydrogen-bond donors (Lipinski definition) is 2. The van der Waals surface area contributed by atoms with Crippen LogP contribution in [0.25, 0.3) is 5.69 Å². The van der Waals surface area contributed by atoms with Crippen molar-refractivity contribution in [3.05, 3.63) is 58.5 Å². The normalized spacial score (nSPS) is 10.2. The highest BCUT2D eigenvalue weighted by molar-refractivity contribution is 5.93. The van der Waals surface area contributed by atoms with Crippen molar-refractivity contribution in [1.29, 1.82) is 0 Å². The second kappa shape index (κ2) is 7.40. The first-order valence-corrected chi connectivity index (χ1v) is 7.41. The first-order valence-electron chi connectivity index (χ1n) is 7.41. The Labute approximate surface area is 134 Å². The van der Waals surface area contributed by atoms with Gasteiger partial charge in [-0.05, 0) is 42.8 Å². The molecule has 6 heteroatoms. The zero-order chi connectivity index (χ0) is 16.8. The van der Waals surface area contributed by atoms with Gasteiger partial charge in [0.2, 0.25) is 5.91 Å². The number of amides is 2. The number of carbonyl (C=O) groups excluding carboxylic acids is 2. The van der Waals surface area contributed by atoms with Gasteiger partial charge in [-0.2, -0.15) is 0 Å². The summed E-state index contributed by atoms with van der Waals surface area (Å²) in [5.74, 6) is -0.466. The van der Waals surface area contributed by atoms with E-state index in [9.17, 15) is 14.4 Å². The lowest BCUT2D eigenvalue weighted by Crippen LogP contribution is -2.30. The second-order valence-corrected chi connectivity index (χ2v) is 5.02. The molecule has 0 radical (unpaired) electrons. The average molecular weight is 313 g/mol. The molecule has 2 aromatic rings. The van der Waals surface area contributed by atoms with E-state index >= 15 is 0 Å². The lowest BCUT2D eigenvalue weighted by Gasteiger charge is -2.09. The van der Waals surface area contributed by atoms with Gasteiger partial charge in [0.25, 0.3) is 11.5 Å². The Balaban J connectivity index is 2.28. The van der Waals surface area contributed by atoms with E-state index in [2.05, 4.69) is 10.6 Å². The van der Waals surface area contributed by atoms with Gasteiger partial charge in [0.05, 0.1) is 0 Å². The van der Waals surface area contributed by atoms with Crippen LogP contribution in [0.2, 0.25) is 0 Å². The molecule has 0 saturated carbocycles. The summed E-state index contributed by atoms with van der Waals surface area (Å²) >= 11 is 0. The molecule has 0 spiro atoms. The Morgan fingerprint density at radius 1 is 1.13 bits per heavy atom. The summed E-state index contributed by atoms with van der Waals surface area (Å²) in [7, 11) is 1.48. The quantitative estimate of drug-likeness (QED) is 0.885. The van der Waals surface area contributed by atoms with E-state index in [1.807, 2.05) is 6.92 Å². The number of pyridine rings is 1. The number of aromatic nitrogens is 1. The molecule has 6 nitrogen and oxygen atoms in total. The Kier molecular flexibility index (Phi) is 5.30. The van der Waals surface area contributed by atoms with Gasteiger partial charge in [0.1, 0.15) is 5.56 Å². The zero-order valence-corrected chi connectivity index (χ0v) is 13.1. The first kappa shape index (κ1) is 16.5. The minimum atomic E-state index is -0.423. The van der Waals surface area contributed by atoms with Crippen molar-refractivity contribution in [1.82, 2.24) is 9.88 Å². The maximum absolute atomic E-state index is 12.3. The Bertz CT molecular complexity index is 763. The maximum atomic E-state index is 12.3. The van der Waals surface area contributed by atoms with Crippen LogP contribution in [0.4, 0.5) is 5.69 Å². The summed E-state index contributed by atoms with van der Waals surface area (Å²) in [6, 6.07) is 10.0. The van der Waals surface area contributed by atoms with Crippen molar-refractivity contribution in [2.75, 3.05) is 12.4 Å². The summed E-state index contributed by atoms with van der Waals surface area (Å²) in [4.78, 5) is 35.6. The number of rotatable bonds is 5. The van der Waals surface area contributed by atoms with Crippen molar-refractivity contribution < 1.29 is 9.59 Å². The summed E-state index contributed by atoms with van der Waals surface area (Å²) in [5.41, 5.74) is 0.974. The van der Waals surface area contributed by atoms with Crippen LogP contribution >= 0.6 is 0 Å². The molecule has 0 bridgehead atoms. The van der Waals surface area contributed by atoms with Crippen LogP contribution in [0.5, 0.6) is 0 Å². The molecule has 1 aromatic heterocycles. The summed E-state index contributed by atoms with van der Waals surface area (Å²) in [6.07, 6.45) is 2.85. The van der Waals surface area contributed by atoms with E-state index in [-0.39, 0.29) is 11.5 Å². The fraction of sp³-hybridized carbons (Fsp3) is 0.235. The van der Waals surface area contributed by atoms with Gasteiger partial charge in [0, 0.05) is 31.0 Å². The zero-order valence-electron chi connectivity index (χ0n) is 13.1. The summed E-state index contributed by atoms with van der Waals surface area (Å²) < 4.78 is 1.39. The molecule has 1 aromatic carbocycles. The molecular formula is C17H19N3O3. The standard InChI is InChI=1S/C17H19N3O3/c1-3-5-15(21)19-12-7-9-13(10-8-12)20-11-4-6-14(17(20)23)16(22)18-2/h4,6-11H,3,5H2,1-2H3,(H,18,22)(H,19,21). The van der Waals surface area contributed by atoms with Crippen LogP contribution in [-0.4, -0.2) is 23.4 Å². The predicted octanol–water partition coefficient (Wildman–Crippen LogP) is 1.94. The molecule has 0 saturated heterocycles. The molecule has 2 amide bonds. The van der Waals surface area contributed by atoms with Crippen molar-refractivity contribution >= 4 is 17.5 Å². The maximum Gasteiger partial charge on any atom is 0.267 e. The SMILES string of the molecule is CCCC(=O)Nc1ccc(-n2cccc(C(=O)NC)c2=O)cc1. The third kappa shape index (κ3) is 3.85. The van der Waals surface area contributed by atoms with Crippen LogP contribution in [0, 0.1) is 0 Å². The average Bonchev–Trinajstić information content (AvgIpc) is 2.55. The van der Waals surface area contributed by atoms with Gasteiger partial charge in [0.15, 0.2) is 0 Å². The number of nitrogens with one attached hydrogen (secondary N) is 2. The number of anilines is 1. The van der Waals surface area contributed by atoms with E-state index in [1.165, 1.54) is 17.7 Å². The molecule has 0 aliphatic carbocycles. The number of nitrogens with zero attached hydrogens (tertiary/aromatic N) is 1. The molecule has 1 heterocycles. The molecule has 0 fully saturated rings. The molecule has 0 unspecified atom stereocenters. The monoisotopic (exact) mass is 313 g/mol. The highest BCUT2D eigenvalue weighted by atomic mass is 16.2. The van der Waals surface area contributed by atoms with Gasteiger partial charge in [-0.3, -0.25) is 19.0 Å². The third-order valence-corrected chi connectivity index (χ3v) is 3.33. The number of hydrogen-bond acceptors (Lipinski definition) is 3. The lowest BCUT2D eigenvalue weighted by molar-refractivity contribution is -0.116. The van der Waals surface area contributed by atoms with Crippen molar-refractivity contribution in [2.45, 2.75) is 19.8 Å². The predicted molar refractivity (Wildman–Crippen MR) is 89.0 cm³/mol. The van der Waals surface area contributed by atoms with E-state index in [0.29, 0.717) is 17.8 Å². The molecule has 23 heavy (non-hydrogen) atoms. The van der Waals surface area contributed by atoms with Gasteiger partial charge < -0.3 is 10.6 Å². The number of benzene rings is 1. The van der Waals surface area contributed by atoms with Crippen LogP contribution < -0.4 is 16.2 Å². The van der Waals surface area contributed by atoms with Gasteiger partial charge in [-0.25, -0.2) is 0 Å². The van der Waals surface area contributed by atoms with Crippen LogP contribution in [-0.2, 0) is 4.79 Å². The fourth-order valence-electron chi connectivity index (χ4n) is 2.16. The van der Waals surface area contributed by atoms with E-state index in [1.54, 1.807) is 36.5 Å². The van der Waals surface area contributed by atoms with Crippen molar-refractivity contribution in [2.24, 2.45) is 0 Å². The highest BCUT2D eigenvalue weighted by Crippen LogP contribution is 2.13. The van der Waals surface area contributed by atoms with Gasteiger partial charge in [-0.1, -0.05) is 6.92 Å². The minimum Gasteiger partial charge on any atom is -0.355 e. The lowest BCUT2D eigenvalue weighted by atomic mass is 10.2. The van der Waals surface area contributed by atoms with Crippen LogP contribution in [0.15, 0.2) is 47.4 Å². The van der Waals surface area contributed by atoms with E-state index in [0.717, 1.165) is 6.42 Å². The highest BCUT2D eigenvalue weighted by Gasteiger charge is 2.11. The molecule has 0 atom stereocenters. The van der Waals surface area contributed by atoms with Gasteiger partial charge >= 0.3 is 0 Å². The van der Waals surface area contributed by atoms with Crippen LogP contribution in [0.3, 0.4) is 0 Å². The Morgan fingerprint density at radius 3 is 2.43 bits per heavy atom. The Morgan fingerprint density at radius 2 is 1.83 bits per heavy atom. The van der Waals surface area contributed by atoms with Crippen molar-refractivity contribution in [3.8, 4) is 5.69 Å². The third-order valence-electron chi connectivity index (χ3n) is 3.33. The molecule has 2 N–H and O–H groups in total. The first-order chi connectivity index (χ1) is 11.1. The van der Waals surface area contributed by atoms with Crippen LogP contribution in [0.1, 0.15) is 30.1 Å². The fourth-order valence-corrected chi connectivity index (χ4v) is 2.16. The van der Waals surface area contributed by atoms with E-state index in [4.69, 9.17) is 0 Å². The molecule has 120 valence electrons. The summed E-state index contributed by atoms with van der Waals surface area (Å²) in [5, 5.41) is 5.23.